The van der Waals surface area contributed by atoms with Crippen LogP contribution in [0.3, 0.4) is 0 Å². The fourth-order valence-electron chi connectivity index (χ4n) is 1.10. The molecule has 0 atom stereocenters. The van der Waals surface area contributed by atoms with E-state index in [4.69, 9.17) is 10.5 Å². The van der Waals surface area contributed by atoms with Gasteiger partial charge >= 0.3 is 0 Å². The number of anilines is 1. The Hall–Kier alpha value is -2.33. The summed E-state index contributed by atoms with van der Waals surface area (Å²) in [4.78, 5) is 11.1. The van der Waals surface area contributed by atoms with Crippen molar-refractivity contribution in [2.24, 2.45) is 0 Å². The summed E-state index contributed by atoms with van der Waals surface area (Å²) in [5, 5.41) is 19.6. The highest BCUT2D eigenvalue weighted by Crippen LogP contribution is 2.14. The standard InChI is InChI=1S/C11H9N3O/c1-8-2-3-10(6-9(8)7-13)14-11(15)4-5-12/h2-3,6H,4H2,1H3,(H,14,15). The first-order chi connectivity index (χ1) is 7.17. The molecule has 0 aliphatic heterocycles. The van der Waals surface area contributed by atoms with Crippen LogP contribution in [0.4, 0.5) is 5.69 Å². The molecule has 0 aromatic heterocycles. The Morgan fingerprint density at radius 2 is 2.20 bits per heavy atom. The average Bonchev–Trinajstić information content (AvgIpc) is 2.21. The van der Waals surface area contributed by atoms with Gasteiger partial charge in [0.25, 0.3) is 0 Å². The predicted octanol–water partition coefficient (Wildman–Crippen LogP) is 1.72. The lowest BCUT2D eigenvalue weighted by Gasteiger charge is -2.04. The van der Waals surface area contributed by atoms with E-state index in [9.17, 15) is 4.79 Å². The third kappa shape index (κ3) is 2.82. The van der Waals surface area contributed by atoms with Crippen LogP contribution in [0.15, 0.2) is 18.2 Å². The van der Waals surface area contributed by atoms with Gasteiger partial charge in [-0.15, -0.1) is 0 Å². The maximum absolute atomic E-state index is 11.1. The van der Waals surface area contributed by atoms with Gasteiger partial charge < -0.3 is 5.32 Å². The molecule has 0 unspecified atom stereocenters. The minimum atomic E-state index is -0.370. The van der Waals surface area contributed by atoms with Gasteiger partial charge in [-0.2, -0.15) is 10.5 Å². The zero-order chi connectivity index (χ0) is 11.3. The third-order valence-electron chi connectivity index (χ3n) is 1.88. The van der Waals surface area contributed by atoms with Crippen LogP contribution in [-0.2, 0) is 4.79 Å². The van der Waals surface area contributed by atoms with Crippen LogP contribution in [-0.4, -0.2) is 5.91 Å². The first-order valence-corrected chi connectivity index (χ1v) is 4.35. The second kappa shape index (κ2) is 4.78. The van der Waals surface area contributed by atoms with Crippen LogP contribution in [0.5, 0.6) is 0 Å². The van der Waals surface area contributed by atoms with Crippen molar-refractivity contribution in [1.29, 1.82) is 10.5 Å². The van der Waals surface area contributed by atoms with E-state index in [0.717, 1.165) is 5.56 Å². The average molecular weight is 199 g/mol. The molecule has 0 radical (unpaired) electrons. The van der Waals surface area contributed by atoms with Gasteiger partial charge in [0.05, 0.1) is 17.7 Å². The van der Waals surface area contributed by atoms with Gasteiger partial charge in [-0.05, 0) is 24.6 Å². The fraction of sp³-hybridized carbons (Fsp3) is 0.182. The van der Waals surface area contributed by atoms with Gasteiger partial charge in [0.2, 0.25) is 5.91 Å². The molecule has 74 valence electrons. The number of nitrogens with zero attached hydrogens (tertiary/aromatic N) is 2. The molecule has 0 spiro atoms. The molecule has 0 saturated heterocycles. The molecule has 0 aliphatic carbocycles. The summed E-state index contributed by atoms with van der Waals surface area (Å²) in [6, 6.07) is 8.81. The van der Waals surface area contributed by atoms with E-state index < -0.39 is 0 Å². The van der Waals surface area contributed by atoms with E-state index in [-0.39, 0.29) is 12.3 Å². The molecule has 0 bridgehead atoms. The lowest BCUT2D eigenvalue weighted by Crippen LogP contribution is -2.10. The molecule has 1 N–H and O–H groups in total. The minimum Gasteiger partial charge on any atom is -0.325 e. The summed E-state index contributed by atoms with van der Waals surface area (Å²) in [6.45, 7) is 1.82. The van der Waals surface area contributed by atoms with E-state index in [1.165, 1.54) is 0 Å². The molecule has 15 heavy (non-hydrogen) atoms. The van der Waals surface area contributed by atoms with E-state index in [1.807, 2.05) is 13.0 Å². The van der Waals surface area contributed by atoms with Gasteiger partial charge in [0, 0.05) is 5.69 Å². The summed E-state index contributed by atoms with van der Waals surface area (Å²) in [7, 11) is 0. The number of carbonyl (C=O) groups excluding carboxylic acids is 1. The molecular formula is C11H9N3O. The highest BCUT2D eigenvalue weighted by atomic mass is 16.1. The summed E-state index contributed by atoms with van der Waals surface area (Å²) in [5.74, 6) is -0.370. The highest BCUT2D eigenvalue weighted by Gasteiger charge is 2.03. The van der Waals surface area contributed by atoms with E-state index in [1.54, 1.807) is 24.3 Å². The Morgan fingerprint density at radius 3 is 2.80 bits per heavy atom. The van der Waals surface area contributed by atoms with Crippen molar-refractivity contribution in [3.8, 4) is 12.1 Å². The van der Waals surface area contributed by atoms with Crippen LogP contribution in [0.1, 0.15) is 17.5 Å². The molecule has 4 nitrogen and oxygen atoms in total. The Balaban J connectivity index is 2.85. The van der Waals surface area contributed by atoms with Crippen molar-refractivity contribution in [1.82, 2.24) is 0 Å². The summed E-state index contributed by atoms with van der Waals surface area (Å²) >= 11 is 0. The molecule has 1 amide bonds. The zero-order valence-corrected chi connectivity index (χ0v) is 8.24. The molecule has 0 fully saturated rings. The van der Waals surface area contributed by atoms with E-state index in [2.05, 4.69) is 5.32 Å². The first kappa shape index (κ1) is 10.7. The topological polar surface area (TPSA) is 76.7 Å². The van der Waals surface area contributed by atoms with Crippen LogP contribution in [0.25, 0.3) is 0 Å². The number of benzene rings is 1. The Morgan fingerprint density at radius 1 is 1.47 bits per heavy atom. The van der Waals surface area contributed by atoms with E-state index >= 15 is 0 Å². The van der Waals surface area contributed by atoms with E-state index in [0.29, 0.717) is 11.3 Å². The summed E-state index contributed by atoms with van der Waals surface area (Å²) in [6.07, 6.45) is -0.185. The number of carbonyl (C=O) groups is 1. The lowest BCUT2D eigenvalue weighted by atomic mass is 10.1. The maximum Gasteiger partial charge on any atom is 0.238 e. The maximum atomic E-state index is 11.1. The molecule has 0 saturated carbocycles. The Kier molecular flexibility index (Phi) is 3.43. The number of nitrogens with one attached hydrogen (secondary N) is 1. The van der Waals surface area contributed by atoms with Gasteiger partial charge in [-0.25, -0.2) is 0 Å². The van der Waals surface area contributed by atoms with Crippen LogP contribution in [0, 0.1) is 29.6 Å². The van der Waals surface area contributed by atoms with Crippen LogP contribution < -0.4 is 5.32 Å². The summed E-state index contributed by atoms with van der Waals surface area (Å²) in [5.41, 5.74) is 1.91. The molecule has 0 heterocycles. The Bertz CT molecular complexity index is 466. The SMILES string of the molecule is Cc1ccc(NC(=O)CC#N)cc1C#N. The van der Waals surface area contributed by atoms with Crippen molar-refractivity contribution in [3.63, 3.8) is 0 Å². The summed E-state index contributed by atoms with van der Waals surface area (Å²) < 4.78 is 0. The van der Waals surface area contributed by atoms with Crippen LogP contribution >= 0.6 is 0 Å². The number of hydrogen-bond acceptors (Lipinski definition) is 3. The smallest absolute Gasteiger partial charge is 0.238 e. The number of rotatable bonds is 2. The number of aryl methyl sites for hydroxylation is 1. The van der Waals surface area contributed by atoms with Crippen molar-refractivity contribution < 1.29 is 4.79 Å². The third-order valence-corrected chi connectivity index (χ3v) is 1.88. The van der Waals surface area contributed by atoms with Gasteiger partial charge in [-0.3, -0.25) is 4.79 Å². The Labute approximate surface area is 87.8 Å². The zero-order valence-electron chi connectivity index (χ0n) is 8.24. The highest BCUT2D eigenvalue weighted by molar-refractivity contribution is 5.92. The first-order valence-electron chi connectivity index (χ1n) is 4.35. The molecule has 1 aromatic rings. The molecule has 4 heteroatoms. The van der Waals surface area contributed by atoms with Gasteiger partial charge in [0.15, 0.2) is 0 Å². The monoisotopic (exact) mass is 199 g/mol. The van der Waals surface area contributed by atoms with Crippen molar-refractivity contribution in [3.05, 3.63) is 29.3 Å². The lowest BCUT2D eigenvalue weighted by molar-refractivity contribution is -0.115. The second-order valence-corrected chi connectivity index (χ2v) is 3.02. The number of hydrogen-bond donors (Lipinski definition) is 1. The molecule has 0 aliphatic rings. The number of amides is 1. The van der Waals surface area contributed by atoms with Gasteiger partial charge in [0.1, 0.15) is 6.42 Å². The predicted molar refractivity (Wildman–Crippen MR) is 54.8 cm³/mol. The molecule has 1 aromatic carbocycles. The minimum absolute atomic E-state index is 0.185. The van der Waals surface area contributed by atoms with Gasteiger partial charge in [-0.1, -0.05) is 6.07 Å². The van der Waals surface area contributed by atoms with Crippen LogP contribution in [0.2, 0.25) is 0 Å². The van der Waals surface area contributed by atoms with Crippen molar-refractivity contribution in [2.45, 2.75) is 13.3 Å². The normalized spacial score (nSPS) is 8.73. The largest absolute Gasteiger partial charge is 0.325 e. The fourth-order valence-corrected chi connectivity index (χ4v) is 1.10. The number of nitriles is 2. The van der Waals surface area contributed by atoms with Crippen molar-refractivity contribution in [2.75, 3.05) is 5.32 Å². The van der Waals surface area contributed by atoms with Crippen molar-refractivity contribution >= 4 is 11.6 Å². The molecule has 1 rings (SSSR count). The second-order valence-electron chi connectivity index (χ2n) is 3.02. The molecular weight excluding hydrogens is 190 g/mol. The quantitative estimate of drug-likeness (QED) is 0.787.